The smallest absolute Gasteiger partial charge is 0.343 e. The Hall–Kier alpha value is -4.72. The molecular formula is C39H49N4O4+. The van der Waals surface area contributed by atoms with Crippen molar-refractivity contribution in [2.75, 3.05) is 32.2 Å². The van der Waals surface area contributed by atoms with E-state index in [9.17, 15) is 4.79 Å². The number of azo groups is 1. The molecule has 3 aromatic carbocycles. The van der Waals surface area contributed by atoms with Gasteiger partial charge in [-0.3, -0.25) is 0 Å². The molecule has 0 aliphatic carbocycles. The summed E-state index contributed by atoms with van der Waals surface area (Å²) < 4.78 is 19.6. The highest BCUT2D eigenvalue weighted by Gasteiger charge is 2.14. The molecule has 0 bridgehead atoms. The van der Waals surface area contributed by atoms with E-state index in [1.807, 2.05) is 70.7 Å². The Bertz CT molecular complexity index is 1570. The fourth-order valence-corrected chi connectivity index (χ4v) is 4.98. The van der Waals surface area contributed by atoms with Crippen LogP contribution in [0.15, 0.2) is 95.4 Å². The Labute approximate surface area is 280 Å². The summed E-state index contributed by atoms with van der Waals surface area (Å²) in [6.07, 6.45) is 12.9. The average molecular weight is 638 g/mol. The molecule has 1 heterocycles. The van der Waals surface area contributed by atoms with Gasteiger partial charge in [0.25, 0.3) is 0 Å². The van der Waals surface area contributed by atoms with Crippen LogP contribution in [-0.4, -0.2) is 33.3 Å². The highest BCUT2D eigenvalue weighted by atomic mass is 16.5. The van der Waals surface area contributed by atoms with Crippen molar-refractivity contribution in [2.24, 2.45) is 10.2 Å². The van der Waals surface area contributed by atoms with Crippen LogP contribution < -0.4 is 23.7 Å². The lowest BCUT2D eigenvalue weighted by Gasteiger charge is -2.12. The Balaban J connectivity index is 1.23. The van der Waals surface area contributed by atoms with Crippen LogP contribution in [0.25, 0.3) is 0 Å². The molecule has 248 valence electrons. The first-order valence-electron chi connectivity index (χ1n) is 16.7. The summed E-state index contributed by atoms with van der Waals surface area (Å²) in [5.41, 5.74) is 4.78. The van der Waals surface area contributed by atoms with Gasteiger partial charge in [0.1, 0.15) is 23.9 Å². The second-order valence-corrected chi connectivity index (χ2v) is 11.9. The van der Waals surface area contributed by atoms with Crippen LogP contribution in [0, 0.1) is 13.8 Å². The lowest BCUT2D eigenvalue weighted by Crippen LogP contribution is -2.35. The topological polar surface area (TPSA) is 76.6 Å². The van der Waals surface area contributed by atoms with Crippen molar-refractivity contribution in [3.05, 3.63) is 102 Å². The maximum absolute atomic E-state index is 12.9. The molecule has 0 fully saturated rings. The van der Waals surface area contributed by atoms with E-state index in [1.54, 1.807) is 30.3 Å². The maximum Gasteiger partial charge on any atom is 0.343 e. The summed E-state index contributed by atoms with van der Waals surface area (Å²) in [7, 11) is 4.04. The highest BCUT2D eigenvalue weighted by molar-refractivity contribution is 5.91. The van der Waals surface area contributed by atoms with Crippen LogP contribution in [-0.2, 0) is 6.54 Å². The number of anilines is 1. The number of carbonyl (C=O) groups is 1. The van der Waals surface area contributed by atoms with E-state index in [4.69, 9.17) is 14.2 Å². The molecule has 0 saturated heterocycles. The zero-order valence-electron chi connectivity index (χ0n) is 28.6. The molecule has 0 atom stereocenters. The molecule has 8 nitrogen and oxygen atoms in total. The molecule has 4 rings (SSSR count). The number of esters is 1. The quantitative estimate of drug-likeness (QED) is 0.0357. The molecule has 8 heteroatoms. The van der Waals surface area contributed by atoms with Crippen molar-refractivity contribution in [2.45, 2.75) is 72.3 Å². The summed E-state index contributed by atoms with van der Waals surface area (Å²) in [4.78, 5) is 15.0. The van der Waals surface area contributed by atoms with E-state index in [1.165, 1.54) is 38.5 Å². The van der Waals surface area contributed by atoms with Gasteiger partial charge in [0.05, 0.1) is 23.5 Å². The fraction of sp³-hybridized carbons (Fsp3) is 0.385. The van der Waals surface area contributed by atoms with Crippen LogP contribution in [0.3, 0.4) is 0 Å². The van der Waals surface area contributed by atoms with E-state index < -0.39 is 5.97 Å². The molecule has 0 amide bonds. The van der Waals surface area contributed by atoms with Crippen molar-refractivity contribution >= 4 is 23.0 Å². The molecule has 0 spiro atoms. The number of rotatable bonds is 18. The van der Waals surface area contributed by atoms with Gasteiger partial charge in [0.2, 0.25) is 0 Å². The predicted octanol–water partition coefficient (Wildman–Crippen LogP) is 9.50. The predicted molar refractivity (Wildman–Crippen MR) is 188 cm³/mol. The summed E-state index contributed by atoms with van der Waals surface area (Å²) >= 11 is 0. The number of hydrogen-bond donors (Lipinski definition) is 0. The van der Waals surface area contributed by atoms with Crippen molar-refractivity contribution < 1.29 is 23.6 Å². The summed E-state index contributed by atoms with van der Waals surface area (Å²) in [5.74, 6) is 1.60. The molecule has 1 aromatic heterocycles. The molecule has 0 saturated carbocycles. The standard InChI is InChI=1S/C39H49N4O4/c1-6-7-8-9-10-11-12-28-45-36-19-15-33(16-20-36)40-41-37-21-22-38(31(3)30(37)2)47-39(44)32-13-17-35(18-14-32)46-29-27-43-25-23-34(24-26-43)42(4)5/h13-26H,6-12,27-29H2,1-5H3/q+1. The van der Waals surface area contributed by atoms with Crippen molar-refractivity contribution in [3.63, 3.8) is 0 Å². The van der Waals surface area contributed by atoms with Gasteiger partial charge in [0, 0.05) is 31.9 Å². The van der Waals surface area contributed by atoms with Crippen molar-refractivity contribution in [1.82, 2.24) is 0 Å². The van der Waals surface area contributed by atoms with Crippen LogP contribution in [0.5, 0.6) is 17.2 Å². The lowest BCUT2D eigenvalue weighted by atomic mass is 10.1. The second kappa shape index (κ2) is 18.4. The van der Waals surface area contributed by atoms with E-state index in [-0.39, 0.29) is 0 Å². The average Bonchev–Trinajstić information content (AvgIpc) is 3.08. The van der Waals surface area contributed by atoms with Gasteiger partial charge in [-0.15, -0.1) is 0 Å². The third-order valence-corrected chi connectivity index (χ3v) is 8.14. The number of aromatic nitrogens is 1. The van der Waals surface area contributed by atoms with E-state index in [0.717, 1.165) is 47.0 Å². The summed E-state index contributed by atoms with van der Waals surface area (Å²) in [6, 6.07) is 22.4. The Kier molecular flexibility index (Phi) is 13.8. The number of benzene rings is 3. The van der Waals surface area contributed by atoms with Crippen LogP contribution in [0.2, 0.25) is 0 Å². The number of carbonyl (C=O) groups excluding carboxylic acids is 1. The largest absolute Gasteiger partial charge is 0.494 e. The normalized spacial score (nSPS) is 11.1. The number of pyridine rings is 1. The first kappa shape index (κ1) is 35.1. The van der Waals surface area contributed by atoms with Gasteiger partial charge >= 0.3 is 5.97 Å². The first-order chi connectivity index (χ1) is 22.8. The number of ether oxygens (including phenoxy) is 3. The fourth-order valence-electron chi connectivity index (χ4n) is 4.98. The third kappa shape index (κ3) is 11.2. The van der Waals surface area contributed by atoms with Crippen LogP contribution >= 0.6 is 0 Å². The van der Waals surface area contributed by atoms with Crippen LogP contribution in [0.1, 0.15) is 73.4 Å². The highest BCUT2D eigenvalue weighted by Crippen LogP contribution is 2.31. The Morgan fingerprint density at radius 2 is 1.32 bits per heavy atom. The minimum Gasteiger partial charge on any atom is -0.494 e. The minimum absolute atomic E-state index is 0.431. The second-order valence-electron chi connectivity index (χ2n) is 11.9. The summed E-state index contributed by atoms with van der Waals surface area (Å²) in [6.45, 7) is 8.06. The van der Waals surface area contributed by atoms with Crippen LogP contribution in [0.4, 0.5) is 17.1 Å². The maximum atomic E-state index is 12.9. The number of hydrogen-bond acceptors (Lipinski definition) is 7. The van der Waals surface area contributed by atoms with Crippen molar-refractivity contribution in [3.8, 4) is 17.2 Å². The molecule has 4 aromatic rings. The first-order valence-corrected chi connectivity index (χ1v) is 16.7. The number of nitrogens with zero attached hydrogens (tertiary/aromatic N) is 4. The van der Waals surface area contributed by atoms with Gasteiger partial charge < -0.3 is 19.1 Å². The van der Waals surface area contributed by atoms with E-state index in [0.29, 0.717) is 30.2 Å². The molecular weight excluding hydrogens is 588 g/mol. The third-order valence-electron chi connectivity index (χ3n) is 8.14. The Morgan fingerprint density at radius 1 is 0.702 bits per heavy atom. The lowest BCUT2D eigenvalue weighted by molar-refractivity contribution is -0.697. The minimum atomic E-state index is -0.431. The molecule has 0 aliphatic heterocycles. The van der Waals surface area contributed by atoms with Gasteiger partial charge in [-0.1, -0.05) is 45.4 Å². The van der Waals surface area contributed by atoms with E-state index in [2.05, 4.69) is 38.8 Å². The van der Waals surface area contributed by atoms with Crippen molar-refractivity contribution in [1.29, 1.82) is 0 Å². The van der Waals surface area contributed by atoms with Gasteiger partial charge in [-0.05, 0) is 92.1 Å². The zero-order chi connectivity index (χ0) is 33.4. The van der Waals surface area contributed by atoms with Gasteiger partial charge in [0.15, 0.2) is 18.9 Å². The zero-order valence-corrected chi connectivity index (χ0v) is 28.6. The molecule has 0 N–H and O–H groups in total. The summed E-state index contributed by atoms with van der Waals surface area (Å²) in [5, 5.41) is 8.86. The van der Waals surface area contributed by atoms with Gasteiger partial charge in [-0.2, -0.15) is 10.2 Å². The van der Waals surface area contributed by atoms with Gasteiger partial charge in [-0.25, -0.2) is 9.36 Å². The van der Waals surface area contributed by atoms with E-state index >= 15 is 0 Å². The molecule has 47 heavy (non-hydrogen) atoms. The molecule has 0 radical (unpaired) electrons. The monoisotopic (exact) mass is 637 g/mol. The SMILES string of the molecule is CCCCCCCCCOc1ccc(N=Nc2ccc(OC(=O)c3ccc(OCC[n+]4ccc(N(C)C)cc4)cc3)c(C)c2C)cc1. The molecule has 0 aliphatic rings. The molecule has 0 unspecified atom stereocenters. The Morgan fingerprint density at radius 3 is 1.98 bits per heavy atom. The number of unbranched alkanes of at least 4 members (excludes halogenated alkanes) is 6.